The van der Waals surface area contributed by atoms with Crippen LogP contribution in [0, 0.1) is 5.92 Å². The number of hydrogen-bond donors (Lipinski definition) is 3. The van der Waals surface area contributed by atoms with Crippen molar-refractivity contribution in [2.45, 2.75) is 32.9 Å². The predicted octanol–water partition coefficient (Wildman–Crippen LogP) is 2.65. The summed E-state index contributed by atoms with van der Waals surface area (Å²) < 4.78 is 0.940. The number of nitrogens with one attached hydrogen (secondary N) is 1. The molecule has 1 rings (SSSR count). The summed E-state index contributed by atoms with van der Waals surface area (Å²) in [5, 5.41) is 22.5. The molecular formula is C13H20BrNO2. The first-order chi connectivity index (χ1) is 7.99. The van der Waals surface area contributed by atoms with Crippen molar-refractivity contribution >= 4 is 15.9 Å². The maximum absolute atomic E-state index is 9.69. The van der Waals surface area contributed by atoms with E-state index in [1.807, 2.05) is 6.07 Å². The van der Waals surface area contributed by atoms with E-state index in [4.69, 9.17) is 0 Å². The second-order valence-corrected chi connectivity index (χ2v) is 5.60. The third kappa shape index (κ3) is 5.52. The van der Waals surface area contributed by atoms with Gasteiger partial charge in [-0.05, 0) is 30.5 Å². The van der Waals surface area contributed by atoms with E-state index < -0.39 is 0 Å². The highest BCUT2D eigenvalue weighted by molar-refractivity contribution is 9.10. The fraction of sp³-hybridized carbons (Fsp3) is 0.538. The van der Waals surface area contributed by atoms with E-state index in [0.29, 0.717) is 19.0 Å². The zero-order chi connectivity index (χ0) is 12.8. The lowest BCUT2D eigenvalue weighted by atomic mass is 10.1. The van der Waals surface area contributed by atoms with Crippen LogP contribution in [0.5, 0.6) is 5.75 Å². The van der Waals surface area contributed by atoms with Crippen molar-refractivity contribution < 1.29 is 10.2 Å². The quantitative estimate of drug-likeness (QED) is 0.757. The highest BCUT2D eigenvalue weighted by atomic mass is 79.9. The van der Waals surface area contributed by atoms with E-state index in [0.717, 1.165) is 16.5 Å². The summed E-state index contributed by atoms with van der Waals surface area (Å²) in [5.41, 5.74) is 0.830. The number of phenolic OH excluding ortho intramolecular Hbond substituents is 1. The van der Waals surface area contributed by atoms with Crippen LogP contribution in [0.1, 0.15) is 25.8 Å². The molecule has 0 radical (unpaired) electrons. The minimum absolute atomic E-state index is 0.277. The Hall–Kier alpha value is -0.580. The van der Waals surface area contributed by atoms with E-state index in [9.17, 15) is 10.2 Å². The molecule has 1 aromatic carbocycles. The molecule has 0 aromatic heterocycles. The zero-order valence-corrected chi connectivity index (χ0v) is 11.9. The number of halogens is 1. The second-order valence-electron chi connectivity index (χ2n) is 4.69. The Bertz CT molecular complexity index is 355. The first kappa shape index (κ1) is 14.5. The molecule has 1 unspecified atom stereocenters. The molecule has 0 saturated carbocycles. The summed E-state index contributed by atoms with van der Waals surface area (Å²) >= 11 is 3.36. The number of aliphatic hydroxyl groups is 1. The van der Waals surface area contributed by atoms with E-state index in [1.165, 1.54) is 0 Å². The van der Waals surface area contributed by atoms with Gasteiger partial charge >= 0.3 is 0 Å². The maximum Gasteiger partial charge on any atom is 0.120 e. The molecular weight excluding hydrogens is 282 g/mol. The fourth-order valence-electron chi connectivity index (χ4n) is 1.70. The monoisotopic (exact) mass is 301 g/mol. The molecule has 0 fully saturated rings. The van der Waals surface area contributed by atoms with Gasteiger partial charge in [-0.1, -0.05) is 29.8 Å². The number of aliphatic hydroxyl groups excluding tert-OH is 1. The number of hydrogen-bond acceptors (Lipinski definition) is 3. The van der Waals surface area contributed by atoms with Crippen LogP contribution < -0.4 is 5.32 Å². The molecule has 0 aliphatic carbocycles. The molecule has 0 heterocycles. The molecule has 0 aliphatic heterocycles. The molecule has 17 heavy (non-hydrogen) atoms. The van der Waals surface area contributed by atoms with Gasteiger partial charge in [-0.3, -0.25) is 0 Å². The third-order valence-electron chi connectivity index (χ3n) is 2.48. The molecule has 96 valence electrons. The van der Waals surface area contributed by atoms with Crippen LogP contribution in [-0.2, 0) is 6.54 Å². The van der Waals surface area contributed by atoms with Gasteiger partial charge in [0.1, 0.15) is 5.75 Å². The number of benzene rings is 1. The lowest BCUT2D eigenvalue weighted by Crippen LogP contribution is -2.27. The van der Waals surface area contributed by atoms with Crippen molar-refractivity contribution in [2.75, 3.05) is 6.54 Å². The Morgan fingerprint density at radius 1 is 1.35 bits per heavy atom. The molecule has 0 amide bonds. The normalized spacial score (nSPS) is 13.0. The van der Waals surface area contributed by atoms with Crippen LogP contribution in [0.4, 0.5) is 0 Å². The average Bonchev–Trinajstić information content (AvgIpc) is 2.22. The molecule has 0 bridgehead atoms. The Morgan fingerprint density at radius 2 is 2.06 bits per heavy atom. The second kappa shape index (κ2) is 6.99. The smallest absolute Gasteiger partial charge is 0.120 e. The van der Waals surface area contributed by atoms with Gasteiger partial charge in [0.15, 0.2) is 0 Å². The Balaban J connectivity index is 2.38. The van der Waals surface area contributed by atoms with Gasteiger partial charge in [0.2, 0.25) is 0 Å². The lowest BCUT2D eigenvalue weighted by molar-refractivity contribution is 0.146. The van der Waals surface area contributed by atoms with Gasteiger partial charge in [0.05, 0.1) is 6.10 Å². The van der Waals surface area contributed by atoms with Gasteiger partial charge < -0.3 is 15.5 Å². The van der Waals surface area contributed by atoms with Crippen molar-refractivity contribution in [3.8, 4) is 5.75 Å². The molecule has 3 N–H and O–H groups in total. The number of aromatic hydroxyl groups is 1. The van der Waals surface area contributed by atoms with Gasteiger partial charge in [0, 0.05) is 23.1 Å². The lowest BCUT2D eigenvalue weighted by Gasteiger charge is -2.14. The van der Waals surface area contributed by atoms with Crippen LogP contribution >= 0.6 is 15.9 Å². The number of rotatable bonds is 6. The molecule has 0 saturated heterocycles. The van der Waals surface area contributed by atoms with Crippen LogP contribution in [-0.4, -0.2) is 22.9 Å². The van der Waals surface area contributed by atoms with Crippen LogP contribution in [0.25, 0.3) is 0 Å². The summed E-state index contributed by atoms with van der Waals surface area (Å²) in [5.74, 6) is 0.769. The predicted molar refractivity (Wildman–Crippen MR) is 73.0 cm³/mol. The highest BCUT2D eigenvalue weighted by Crippen LogP contribution is 2.21. The van der Waals surface area contributed by atoms with Crippen LogP contribution in [0.3, 0.4) is 0 Å². The first-order valence-electron chi connectivity index (χ1n) is 5.85. The average molecular weight is 302 g/mol. The summed E-state index contributed by atoms with van der Waals surface area (Å²) in [6, 6.07) is 5.33. The fourth-order valence-corrected chi connectivity index (χ4v) is 2.11. The summed E-state index contributed by atoms with van der Waals surface area (Å²) in [4.78, 5) is 0. The minimum atomic E-state index is -0.329. The Labute approximate surface area is 111 Å². The maximum atomic E-state index is 9.69. The van der Waals surface area contributed by atoms with E-state index in [2.05, 4.69) is 35.1 Å². The largest absolute Gasteiger partial charge is 0.508 e. The van der Waals surface area contributed by atoms with Gasteiger partial charge in [-0.25, -0.2) is 0 Å². The van der Waals surface area contributed by atoms with Gasteiger partial charge in [-0.2, -0.15) is 0 Å². The Morgan fingerprint density at radius 3 is 2.71 bits per heavy atom. The first-order valence-corrected chi connectivity index (χ1v) is 6.64. The molecule has 0 spiro atoms. The van der Waals surface area contributed by atoms with Crippen LogP contribution in [0.2, 0.25) is 0 Å². The highest BCUT2D eigenvalue weighted by Gasteiger charge is 2.07. The molecule has 4 heteroatoms. The van der Waals surface area contributed by atoms with E-state index in [-0.39, 0.29) is 11.9 Å². The summed E-state index contributed by atoms with van der Waals surface area (Å²) in [6.07, 6.45) is 0.460. The van der Waals surface area contributed by atoms with E-state index >= 15 is 0 Å². The van der Waals surface area contributed by atoms with Crippen molar-refractivity contribution in [1.29, 1.82) is 0 Å². The summed E-state index contributed by atoms with van der Waals surface area (Å²) in [7, 11) is 0. The van der Waals surface area contributed by atoms with Crippen molar-refractivity contribution in [2.24, 2.45) is 5.92 Å². The van der Waals surface area contributed by atoms with E-state index in [1.54, 1.807) is 12.1 Å². The zero-order valence-electron chi connectivity index (χ0n) is 10.3. The summed E-state index contributed by atoms with van der Waals surface area (Å²) in [6.45, 7) is 5.28. The standard InChI is InChI=1S/C13H20BrNO2/c1-9(2)5-12(16)8-15-7-10-6-11(14)3-4-13(10)17/h3-4,6,9,12,15-17H,5,7-8H2,1-2H3. The Kier molecular flexibility index (Phi) is 5.95. The SMILES string of the molecule is CC(C)CC(O)CNCc1cc(Br)ccc1O. The molecule has 3 nitrogen and oxygen atoms in total. The molecule has 1 atom stereocenters. The topological polar surface area (TPSA) is 52.5 Å². The van der Waals surface area contributed by atoms with Gasteiger partial charge in [-0.15, -0.1) is 0 Å². The third-order valence-corrected chi connectivity index (χ3v) is 2.97. The van der Waals surface area contributed by atoms with Gasteiger partial charge in [0.25, 0.3) is 0 Å². The van der Waals surface area contributed by atoms with Crippen LogP contribution in [0.15, 0.2) is 22.7 Å². The van der Waals surface area contributed by atoms with Crippen molar-refractivity contribution in [1.82, 2.24) is 5.32 Å². The molecule has 0 aliphatic rings. The van der Waals surface area contributed by atoms with Crippen molar-refractivity contribution in [3.63, 3.8) is 0 Å². The number of phenols is 1. The minimum Gasteiger partial charge on any atom is -0.508 e. The van der Waals surface area contributed by atoms with Crippen molar-refractivity contribution in [3.05, 3.63) is 28.2 Å². The molecule has 1 aromatic rings.